The van der Waals surface area contributed by atoms with Gasteiger partial charge in [0.2, 0.25) is 0 Å². The van der Waals surface area contributed by atoms with E-state index in [0.717, 1.165) is 10.8 Å². The first kappa shape index (κ1) is 72.5. The van der Waals surface area contributed by atoms with Crippen LogP contribution in [-0.4, -0.2) is 382 Å². The average molecular weight is 1350 g/mol. The van der Waals surface area contributed by atoms with Gasteiger partial charge in [0.15, 0.2) is 44.0 Å². The zero-order chi connectivity index (χ0) is 66.9. The number of nitrogens with one attached hydrogen (secondary N) is 2. The Kier molecular flexibility index (Phi) is 24.8. The molecular formula is C56H84N2O35. The van der Waals surface area contributed by atoms with Gasteiger partial charge in [0, 0.05) is 18.7 Å². The minimum absolute atomic E-state index is 0.123. The highest BCUT2D eigenvalue weighted by Crippen LogP contribution is 2.39. The van der Waals surface area contributed by atoms with Gasteiger partial charge in [0.05, 0.1) is 39.6 Å². The summed E-state index contributed by atoms with van der Waals surface area (Å²) in [6, 6.07) is 12.6. The van der Waals surface area contributed by atoms with Gasteiger partial charge in [0.25, 0.3) is 5.91 Å². The molecule has 0 radical (unpaired) electrons. The maximum atomic E-state index is 13.3. The summed E-state index contributed by atoms with van der Waals surface area (Å²) in [5.41, 5.74) is 0.429. The Morgan fingerprint density at radius 2 is 0.570 bits per heavy atom. The second-order valence-corrected chi connectivity index (χ2v) is 23.8. The van der Waals surface area contributed by atoms with E-state index in [9.17, 15) is 107 Å². The summed E-state index contributed by atoms with van der Waals surface area (Å²) in [6.45, 7) is -6.38. The highest BCUT2D eigenvalue weighted by Gasteiger charge is 2.59. The third kappa shape index (κ3) is 15.0. The van der Waals surface area contributed by atoms with Crippen LogP contribution in [0.25, 0.3) is 10.8 Å². The standard InChI is InChI=1S/C56H84N2O35/c59-12-22-43-30(67)37(74)52(82-22)90-45-24(14-61)84-54(39(76)32(45)69)92-47-26(16-63)86-56(41(78)34(47)71)93-48-27(17-64)85-55(40(77)33(48)70)91-46-25(15-62)83-53(38(75)31(46)68)89-44-23(13-60)81-51(36(73)29(44)66)87-42-21(80-50(88-43)35(72)28(42)65)11-57-9-4-10-58-49(79)20-8-3-6-18-5-1-2-7-19(18)20/h1-3,5-8,21-48,50-57,59-78H,4,9-17H2,(H,58,79)/t21-,22-,23-,24-,25-,26-,27-,28-,29-,30-,31-,32-,33-,34-,35-,36-,37-,38-,39-,40-,41-,42-,43-,44-,45-,46-,47-,48-,50-,51-,52-,53-,54-,55-,56-/m1/s1. The molecule has 528 valence electrons. The summed E-state index contributed by atoms with van der Waals surface area (Å²) >= 11 is 0. The van der Waals surface area contributed by atoms with Gasteiger partial charge in [-0.2, -0.15) is 0 Å². The molecule has 37 heteroatoms. The molecule has 21 saturated heterocycles. The molecule has 14 bridgehead atoms. The Morgan fingerprint density at radius 3 is 0.860 bits per heavy atom. The maximum Gasteiger partial charge on any atom is 0.251 e. The number of aliphatic hydroxyl groups excluding tert-OH is 20. The number of fused-ring (bicyclic) bond motifs is 1. The number of carbonyl (C=O) groups is 1. The molecule has 93 heavy (non-hydrogen) atoms. The van der Waals surface area contributed by atoms with Crippen LogP contribution in [0, 0.1) is 0 Å². The van der Waals surface area contributed by atoms with E-state index in [4.69, 9.17) is 66.3 Å². The van der Waals surface area contributed by atoms with Crippen molar-refractivity contribution in [1.82, 2.24) is 10.6 Å². The normalized spacial score (nSPS) is 47.8. The van der Waals surface area contributed by atoms with Gasteiger partial charge in [-0.1, -0.05) is 36.4 Å². The summed E-state index contributed by atoms with van der Waals surface area (Å²) in [5, 5.41) is 232. The van der Waals surface area contributed by atoms with E-state index < -0.39 is 255 Å². The fourth-order valence-electron chi connectivity index (χ4n) is 12.6. The van der Waals surface area contributed by atoms with Crippen LogP contribution in [0.1, 0.15) is 16.8 Å². The molecule has 23 rings (SSSR count). The quantitative estimate of drug-likeness (QED) is 0.0828. The number of carbonyl (C=O) groups excluding carboxylic acids is 1. The minimum atomic E-state index is -2.22. The molecule has 0 unspecified atom stereocenters. The third-order valence-electron chi connectivity index (χ3n) is 17.8. The Bertz CT molecular complexity index is 2660. The summed E-state index contributed by atoms with van der Waals surface area (Å²) in [5.74, 6) is -0.359. The number of hydrogen-bond acceptors (Lipinski definition) is 36. The number of aliphatic hydroxyl groups is 20. The molecule has 0 aromatic heterocycles. The van der Waals surface area contributed by atoms with Crippen LogP contribution >= 0.6 is 0 Å². The first-order valence-corrected chi connectivity index (χ1v) is 30.4. The molecule has 2 aromatic rings. The van der Waals surface area contributed by atoms with Crippen LogP contribution in [0.2, 0.25) is 0 Å². The van der Waals surface area contributed by atoms with Crippen molar-refractivity contribution in [2.24, 2.45) is 0 Å². The van der Waals surface area contributed by atoms with Crippen molar-refractivity contribution in [2.45, 2.75) is 221 Å². The lowest BCUT2D eigenvalue weighted by Gasteiger charge is -2.50. The van der Waals surface area contributed by atoms with Crippen molar-refractivity contribution in [3.05, 3.63) is 48.0 Å². The molecule has 21 aliphatic rings. The second-order valence-electron chi connectivity index (χ2n) is 23.8. The summed E-state index contributed by atoms with van der Waals surface area (Å²) in [6.07, 6.45) is -69.9. The zero-order valence-corrected chi connectivity index (χ0v) is 49.4. The van der Waals surface area contributed by atoms with Crippen molar-refractivity contribution in [3.8, 4) is 0 Å². The second kappa shape index (κ2) is 31.7. The molecule has 2 aromatic carbocycles. The average Bonchev–Trinajstić information content (AvgIpc) is 0.807. The van der Waals surface area contributed by atoms with E-state index >= 15 is 0 Å². The van der Waals surface area contributed by atoms with Crippen LogP contribution in [-0.2, 0) is 66.3 Å². The van der Waals surface area contributed by atoms with Crippen LogP contribution in [0.3, 0.4) is 0 Å². The lowest BCUT2D eigenvalue weighted by atomic mass is 9.95. The minimum Gasteiger partial charge on any atom is -0.394 e. The molecule has 1 amide bonds. The lowest BCUT2D eigenvalue weighted by Crippen LogP contribution is -2.68. The number of benzene rings is 2. The van der Waals surface area contributed by atoms with E-state index in [1.165, 1.54) is 0 Å². The van der Waals surface area contributed by atoms with Gasteiger partial charge < -0.3 is 179 Å². The van der Waals surface area contributed by atoms with Crippen molar-refractivity contribution < 1.29 is 173 Å². The third-order valence-corrected chi connectivity index (χ3v) is 17.8. The fourth-order valence-corrected chi connectivity index (χ4v) is 12.6. The van der Waals surface area contributed by atoms with Gasteiger partial charge in [-0.15, -0.1) is 0 Å². The van der Waals surface area contributed by atoms with Crippen LogP contribution < -0.4 is 10.6 Å². The van der Waals surface area contributed by atoms with Gasteiger partial charge in [-0.25, -0.2) is 0 Å². The molecule has 0 spiro atoms. The van der Waals surface area contributed by atoms with E-state index in [-0.39, 0.29) is 32.0 Å². The van der Waals surface area contributed by atoms with Gasteiger partial charge in [-0.3, -0.25) is 4.79 Å². The van der Waals surface area contributed by atoms with E-state index in [2.05, 4.69) is 10.6 Å². The Balaban J connectivity index is 0.911. The monoisotopic (exact) mass is 1340 g/mol. The Morgan fingerprint density at radius 1 is 0.312 bits per heavy atom. The van der Waals surface area contributed by atoms with E-state index in [1.54, 1.807) is 24.3 Å². The van der Waals surface area contributed by atoms with Crippen LogP contribution in [0.15, 0.2) is 42.5 Å². The molecule has 21 fully saturated rings. The van der Waals surface area contributed by atoms with Crippen molar-refractivity contribution >= 4 is 16.7 Å². The van der Waals surface area contributed by atoms with Crippen molar-refractivity contribution in [3.63, 3.8) is 0 Å². The molecule has 35 atom stereocenters. The molecule has 0 aliphatic carbocycles. The first-order chi connectivity index (χ1) is 44.6. The van der Waals surface area contributed by atoms with Crippen LogP contribution in [0.4, 0.5) is 0 Å². The number of amides is 1. The molecule has 21 heterocycles. The number of hydrogen-bond donors (Lipinski definition) is 22. The lowest BCUT2D eigenvalue weighted by molar-refractivity contribution is -0.396. The Hall–Kier alpha value is -3.23. The topological polar surface area (TPSA) is 575 Å². The van der Waals surface area contributed by atoms with Crippen LogP contribution in [0.5, 0.6) is 0 Å². The Labute approximate surface area is 528 Å². The predicted molar refractivity (Wildman–Crippen MR) is 295 cm³/mol. The summed E-state index contributed by atoms with van der Waals surface area (Å²) in [4.78, 5) is 13.3. The van der Waals surface area contributed by atoms with Gasteiger partial charge >= 0.3 is 0 Å². The van der Waals surface area contributed by atoms with Crippen molar-refractivity contribution in [2.75, 3.05) is 59.3 Å². The fraction of sp³-hybridized carbons (Fsp3) is 0.804. The molecule has 37 nitrogen and oxygen atoms in total. The zero-order valence-electron chi connectivity index (χ0n) is 49.4. The number of rotatable bonds is 13. The smallest absolute Gasteiger partial charge is 0.251 e. The van der Waals surface area contributed by atoms with E-state index in [1.807, 2.05) is 18.2 Å². The summed E-state index contributed by atoms with van der Waals surface area (Å²) in [7, 11) is 0. The molecule has 0 saturated carbocycles. The van der Waals surface area contributed by atoms with Crippen molar-refractivity contribution in [1.29, 1.82) is 0 Å². The van der Waals surface area contributed by atoms with Gasteiger partial charge in [0.1, 0.15) is 171 Å². The highest BCUT2D eigenvalue weighted by molar-refractivity contribution is 6.07. The highest BCUT2D eigenvalue weighted by atomic mass is 16.8. The summed E-state index contributed by atoms with van der Waals surface area (Å²) < 4.78 is 81.7. The number of ether oxygens (including phenoxy) is 14. The molecule has 21 aliphatic heterocycles. The predicted octanol–water partition coefficient (Wildman–Crippen LogP) is -12.7. The van der Waals surface area contributed by atoms with E-state index in [0.29, 0.717) is 5.56 Å². The molecule has 22 N–H and O–H groups in total. The molecular weight excluding hydrogens is 1260 g/mol. The SMILES string of the molecule is O=C(NCCCNC[C@H]1O[C@@H]2O[C@H]3[C@H](O)[C@@H](O)[C@@H](O[C@H]4[C@H](O)[C@@H](O)[C@@H](O[C@H]5[C@H](O)[C@@H](O)[C@@H](O[C@H]6[C@H](O)[C@@H](O)[C@@H](O[C@H]7[C@H](O)[C@@H](O)[C@@H](O[C@H]8[C@H](O)[C@@H](O)[C@@H](O[C@H]1[C@H](O)[C@H]2O)O[C@@H]8CO)O[C@@H]7CO)O[C@@H]6CO)O[C@@H]5CO)O[C@@H]4CO)O[C@@H]3CO)c1cccc2ccccc12. The first-order valence-electron chi connectivity index (χ1n) is 30.4. The van der Waals surface area contributed by atoms with Gasteiger partial charge in [-0.05, 0) is 29.8 Å². The maximum absolute atomic E-state index is 13.3. The largest absolute Gasteiger partial charge is 0.394 e.